The summed E-state index contributed by atoms with van der Waals surface area (Å²) in [7, 11) is 0. The Bertz CT molecular complexity index is 519. The van der Waals surface area contributed by atoms with Crippen LogP contribution in [0.4, 0.5) is 0 Å². The number of hydrogen-bond donors (Lipinski definition) is 0. The van der Waals surface area contributed by atoms with E-state index in [1.165, 1.54) is 6.92 Å². The van der Waals surface area contributed by atoms with Crippen LogP contribution in [0.15, 0.2) is 18.7 Å². The van der Waals surface area contributed by atoms with Crippen LogP contribution >= 0.6 is 11.8 Å². The molecule has 0 spiro atoms. The van der Waals surface area contributed by atoms with Gasteiger partial charge in [-0.25, -0.2) is 4.98 Å². The zero-order valence-corrected chi connectivity index (χ0v) is 13.0. The number of imidazole rings is 1. The number of rotatable bonds is 2. The van der Waals surface area contributed by atoms with Crippen LogP contribution < -0.4 is 0 Å². The fourth-order valence-electron chi connectivity index (χ4n) is 3.05. The van der Waals surface area contributed by atoms with Crippen molar-refractivity contribution >= 4 is 23.6 Å². The number of carbonyl (C=O) groups excluding carboxylic acids is 2. The van der Waals surface area contributed by atoms with Gasteiger partial charge in [-0.15, -0.1) is 11.8 Å². The largest absolute Gasteiger partial charge is 0.339 e. The summed E-state index contributed by atoms with van der Waals surface area (Å²) in [4.78, 5) is 32.0. The number of likely N-dealkylation sites (tertiary alicyclic amines) is 1. The van der Waals surface area contributed by atoms with Crippen LogP contribution in [0.5, 0.6) is 0 Å². The first kappa shape index (κ1) is 14.4. The number of hydrogen-bond acceptors (Lipinski definition) is 4. The number of carbonyl (C=O) groups is 2. The maximum Gasteiger partial charge on any atom is 0.246 e. The molecule has 114 valence electrons. The van der Waals surface area contributed by atoms with Gasteiger partial charge in [0, 0.05) is 38.2 Å². The van der Waals surface area contributed by atoms with Crippen LogP contribution in [0, 0.1) is 0 Å². The highest BCUT2D eigenvalue weighted by Crippen LogP contribution is 2.26. The quantitative estimate of drug-likeness (QED) is 0.817. The van der Waals surface area contributed by atoms with Gasteiger partial charge in [0.15, 0.2) is 0 Å². The van der Waals surface area contributed by atoms with Crippen molar-refractivity contribution in [2.45, 2.75) is 31.8 Å². The van der Waals surface area contributed by atoms with Gasteiger partial charge in [0.05, 0.1) is 18.2 Å². The molecule has 2 aliphatic heterocycles. The fraction of sp³-hybridized carbons (Fsp3) is 0.643. The number of nitrogens with zero attached hydrogens (tertiary/aromatic N) is 4. The highest BCUT2D eigenvalue weighted by Gasteiger charge is 2.37. The Hall–Kier alpha value is -1.50. The molecule has 0 aliphatic carbocycles. The van der Waals surface area contributed by atoms with Gasteiger partial charge in [-0.1, -0.05) is 0 Å². The van der Waals surface area contributed by atoms with Gasteiger partial charge >= 0.3 is 0 Å². The van der Waals surface area contributed by atoms with E-state index in [1.807, 2.05) is 17.4 Å². The van der Waals surface area contributed by atoms with Crippen molar-refractivity contribution in [1.82, 2.24) is 19.4 Å². The van der Waals surface area contributed by atoms with Crippen molar-refractivity contribution in [3.05, 3.63) is 18.7 Å². The van der Waals surface area contributed by atoms with E-state index in [9.17, 15) is 9.59 Å². The van der Waals surface area contributed by atoms with E-state index in [-0.39, 0.29) is 17.9 Å². The zero-order valence-electron chi connectivity index (χ0n) is 12.1. The molecule has 1 aromatic rings. The molecule has 2 saturated heterocycles. The van der Waals surface area contributed by atoms with Crippen LogP contribution in [0.1, 0.15) is 25.8 Å². The third-order valence-electron chi connectivity index (χ3n) is 4.23. The molecule has 2 atom stereocenters. The Labute approximate surface area is 128 Å². The molecular formula is C14H20N4O2S. The average Bonchev–Trinajstić information content (AvgIpc) is 3.17. The molecular weight excluding hydrogens is 288 g/mol. The minimum atomic E-state index is -0.283. The maximum absolute atomic E-state index is 12.7. The summed E-state index contributed by atoms with van der Waals surface area (Å²) in [5.74, 6) is 1.43. The molecule has 6 nitrogen and oxygen atoms in total. The SMILES string of the molecule is CC(=O)N1CSCC1C(=O)N1CCCC(n2ccnc2)C1. The summed E-state index contributed by atoms with van der Waals surface area (Å²) < 4.78 is 2.07. The topological polar surface area (TPSA) is 58.4 Å². The van der Waals surface area contributed by atoms with E-state index in [1.54, 1.807) is 22.9 Å². The second-order valence-electron chi connectivity index (χ2n) is 5.59. The summed E-state index contributed by atoms with van der Waals surface area (Å²) in [6, 6.07) is 0.0130. The Morgan fingerprint density at radius 2 is 2.24 bits per heavy atom. The molecule has 7 heteroatoms. The number of piperidine rings is 1. The van der Waals surface area contributed by atoms with Crippen LogP contribution in [-0.2, 0) is 9.59 Å². The van der Waals surface area contributed by atoms with E-state index in [0.29, 0.717) is 24.2 Å². The van der Waals surface area contributed by atoms with Gasteiger partial charge in [-0.2, -0.15) is 0 Å². The summed E-state index contributed by atoms with van der Waals surface area (Å²) in [5.41, 5.74) is 0. The van der Waals surface area contributed by atoms with Gasteiger partial charge in [0.1, 0.15) is 6.04 Å². The zero-order chi connectivity index (χ0) is 14.8. The van der Waals surface area contributed by atoms with Crippen molar-refractivity contribution in [1.29, 1.82) is 0 Å². The standard InChI is InChI=1S/C14H20N4O2S/c1-11(19)18-10-21-8-13(18)14(20)16-5-2-3-12(7-16)17-6-4-15-9-17/h4,6,9,12-13H,2-3,5,7-8,10H2,1H3. The van der Waals surface area contributed by atoms with Crippen molar-refractivity contribution < 1.29 is 9.59 Å². The lowest BCUT2D eigenvalue weighted by atomic mass is 10.0. The average molecular weight is 308 g/mol. The number of aromatic nitrogens is 2. The summed E-state index contributed by atoms with van der Waals surface area (Å²) >= 11 is 1.65. The van der Waals surface area contributed by atoms with Crippen molar-refractivity contribution in [2.75, 3.05) is 24.7 Å². The van der Waals surface area contributed by atoms with Crippen LogP contribution in [-0.4, -0.2) is 61.9 Å². The van der Waals surface area contributed by atoms with Crippen LogP contribution in [0.3, 0.4) is 0 Å². The monoisotopic (exact) mass is 308 g/mol. The van der Waals surface area contributed by atoms with E-state index < -0.39 is 0 Å². The highest BCUT2D eigenvalue weighted by molar-refractivity contribution is 7.99. The number of thioether (sulfide) groups is 1. The molecule has 1 aromatic heterocycles. The molecule has 2 unspecified atom stereocenters. The summed E-state index contributed by atoms with van der Waals surface area (Å²) in [6.07, 6.45) is 7.59. The predicted octanol–water partition coefficient (Wildman–Crippen LogP) is 0.968. The minimum Gasteiger partial charge on any atom is -0.339 e. The second kappa shape index (κ2) is 6.09. The van der Waals surface area contributed by atoms with Crippen LogP contribution in [0.25, 0.3) is 0 Å². The Balaban J connectivity index is 1.68. The number of amides is 2. The highest BCUT2D eigenvalue weighted by atomic mass is 32.2. The van der Waals surface area contributed by atoms with Crippen molar-refractivity contribution in [3.8, 4) is 0 Å². The lowest BCUT2D eigenvalue weighted by molar-refractivity contribution is -0.143. The van der Waals surface area contributed by atoms with E-state index in [2.05, 4.69) is 9.55 Å². The molecule has 0 aromatic carbocycles. The van der Waals surface area contributed by atoms with Crippen molar-refractivity contribution in [2.24, 2.45) is 0 Å². The third-order valence-corrected chi connectivity index (χ3v) is 5.24. The molecule has 0 bridgehead atoms. The first-order valence-corrected chi connectivity index (χ1v) is 8.43. The summed E-state index contributed by atoms with van der Waals surface area (Å²) in [5, 5.41) is 0. The van der Waals surface area contributed by atoms with Gasteiger partial charge in [0.25, 0.3) is 0 Å². The molecule has 0 radical (unpaired) electrons. The summed E-state index contributed by atoms with van der Waals surface area (Å²) in [6.45, 7) is 3.04. The maximum atomic E-state index is 12.7. The molecule has 2 fully saturated rings. The van der Waals surface area contributed by atoms with Gasteiger partial charge in [-0.3, -0.25) is 9.59 Å². The smallest absolute Gasteiger partial charge is 0.246 e. The van der Waals surface area contributed by atoms with Gasteiger partial charge in [-0.05, 0) is 12.8 Å². The second-order valence-corrected chi connectivity index (χ2v) is 6.59. The predicted molar refractivity (Wildman–Crippen MR) is 80.7 cm³/mol. The van der Waals surface area contributed by atoms with E-state index in [4.69, 9.17) is 0 Å². The first-order valence-electron chi connectivity index (χ1n) is 7.28. The van der Waals surface area contributed by atoms with Crippen LogP contribution in [0.2, 0.25) is 0 Å². The third kappa shape index (κ3) is 2.92. The van der Waals surface area contributed by atoms with Gasteiger partial charge < -0.3 is 14.4 Å². The fourth-order valence-corrected chi connectivity index (χ4v) is 4.26. The lowest BCUT2D eigenvalue weighted by Gasteiger charge is -2.36. The molecule has 2 aliphatic rings. The normalized spacial score (nSPS) is 26.1. The van der Waals surface area contributed by atoms with E-state index in [0.717, 1.165) is 19.4 Å². The Morgan fingerprint density at radius 1 is 1.38 bits per heavy atom. The van der Waals surface area contributed by atoms with Gasteiger partial charge in [0.2, 0.25) is 11.8 Å². The minimum absolute atomic E-state index is 0.0125. The Kier molecular flexibility index (Phi) is 4.19. The molecule has 3 rings (SSSR count). The van der Waals surface area contributed by atoms with Crippen molar-refractivity contribution in [3.63, 3.8) is 0 Å². The molecule has 3 heterocycles. The molecule has 0 saturated carbocycles. The first-order chi connectivity index (χ1) is 10.2. The lowest BCUT2D eigenvalue weighted by Crippen LogP contribution is -2.51. The molecule has 0 N–H and O–H groups in total. The van der Waals surface area contributed by atoms with E-state index >= 15 is 0 Å². The molecule has 2 amide bonds. The molecule has 21 heavy (non-hydrogen) atoms. The Morgan fingerprint density at radius 3 is 2.95 bits per heavy atom.